The maximum Gasteiger partial charge on any atom is 0.259 e. The van der Waals surface area contributed by atoms with E-state index in [1.165, 1.54) is 0 Å². The molecule has 0 atom stereocenters. The van der Waals surface area contributed by atoms with Crippen molar-refractivity contribution in [3.8, 4) is 28.6 Å². The molecule has 0 aliphatic heterocycles. The standard InChI is InChI=1S/C17H16N2O4/c1-21-11-4-5-15-14(9-11)17(20)19-16(18-15)10-6-12(22-2)8-13(7-10)23-3/h4-9H,1-3H3,(H,18,19,20). The Morgan fingerprint density at radius 2 is 1.52 bits per heavy atom. The Morgan fingerprint density at radius 3 is 2.13 bits per heavy atom. The summed E-state index contributed by atoms with van der Waals surface area (Å²) in [6.45, 7) is 0. The minimum Gasteiger partial charge on any atom is -0.497 e. The molecule has 1 N–H and O–H groups in total. The van der Waals surface area contributed by atoms with Gasteiger partial charge in [-0.2, -0.15) is 0 Å². The van der Waals surface area contributed by atoms with E-state index in [4.69, 9.17) is 14.2 Å². The van der Waals surface area contributed by atoms with Gasteiger partial charge in [-0.1, -0.05) is 0 Å². The molecule has 0 saturated heterocycles. The lowest BCUT2D eigenvalue weighted by Crippen LogP contribution is -2.09. The molecular weight excluding hydrogens is 296 g/mol. The van der Waals surface area contributed by atoms with Crippen LogP contribution in [0.5, 0.6) is 17.2 Å². The Balaban J connectivity index is 2.19. The predicted octanol–water partition coefficient (Wildman–Crippen LogP) is 2.62. The fourth-order valence-electron chi connectivity index (χ4n) is 2.33. The van der Waals surface area contributed by atoms with Crippen molar-refractivity contribution in [2.45, 2.75) is 0 Å². The van der Waals surface area contributed by atoms with E-state index in [0.29, 0.717) is 39.5 Å². The van der Waals surface area contributed by atoms with Gasteiger partial charge in [0, 0.05) is 11.6 Å². The normalized spacial score (nSPS) is 10.6. The summed E-state index contributed by atoms with van der Waals surface area (Å²) < 4.78 is 15.6. The molecule has 0 spiro atoms. The molecule has 23 heavy (non-hydrogen) atoms. The van der Waals surface area contributed by atoms with Crippen LogP contribution in [-0.2, 0) is 0 Å². The first-order chi connectivity index (χ1) is 11.1. The molecule has 6 nitrogen and oxygen atoms in total. The Morgan fingerprint density at radius 1 is 0.870 bits per heavy atom. The first-order valence-electron chi connectivity index (χ1n) is 6.96. The number of benzene rings is 2. The number of hydrogen-bond donors (Lipinski definition) is 1. The molecule has 3 aromatic rings. The zero-order valence-electron chi connectivity index (χ0n) is 13.0. The van der Waals surface area contributed by atoms with Crippen LogP contribution < -0.4 is 19.8 Å². The maximum atomic E-state index is 12.3. The second-order valence-corrected chi connectivity index (χ2v) is 4.90. The second kappa shape index (κ2) is 6.00. The third-order valence-electron chi connectivity index (χ3n) is 3.54. The average molecular weight is 312 g/mol. The van der Waals surface area contributed by atoms with Crippen LogP contribution in [0.1, 0.15) is 0 Å². The molecule has 0 bridgehead atoms. The molecule has 118 valence electrons. The lowest BCUT2D eigenvalue weighted by atomic mass is 10.1. The van der Waals surface area contributed by atoms with Gasteiger partial charge < -0.3 is 19.2 Å². The highest BCUT2D eigenvalue weighted by molar-refractivity contribution is 5.81. The summed E-state index contributed by atoms with van der Waals surface area (Å²) in [5, 5.41) is 0.475. The first kappa shape index (κ1) is 14.9. The van der Waals surface area contributed by atoms with Crippen LogP contribution in [-0.4, -0.2) is 31.3 Å². The van der Waals surface area contributed by atoms with Gasteiger partial charge >= 0.3 is 0 Å². The van der Waals surface area contributed by atoms with E-state index in [1.54, 1.807) is 57.7 Å². The number of aromatic nitrogens is 2. The van der Waals surface area contributed by atoms with Crippen molar-refractivity contribution >= 4 is 10.9 Å². The largest absolute Gasteiger partial charge is 0.497 e. The average Bonchev–Trinajstić information content (AvgIpc) is 2.60. The highest BCUT2D eigenvalue weighted by Crippen LogP contribution is 2.28. The number of nitrogens with zero attached hydrogens (tertiary/aromatic N) is 1. The Kier molecular flexibility index (Phi) is 3.89. The van der Waals surface area contributed by atoms with Gasteiger partial charge in [0.1, 0.15) is 23.1 Å². The molecule has 0 aliphatic rings. The van der Waals surface area contributed by atoms with Crippen molar-refractivity contribution in [2.24, 2.45) is 0 Å². The fourth-order valence-corrected chi connectivity index (χ4v) is 2.33. The van der Waals surface area contributed by atoms with Gasteiger partial charge in [0.15, 0.2) is 0 Å². The van der Waals surface area contributed by atoms with Gasteiger partial charge in [-0.15, -0.1) is 0 Å². The fraction of sp³-hybridized carbons (Fsp3) is 0.176. The summed E-state index contributed by atoms with van der Waals surface area (Å²) in [4.78, 5) is 19.6. The zero-order chi connectivity index (χ0) is 16.4. The molecule has 2 aromatic carbocycles. The molecule has 0 unspecified atom stereocenters. The van der Waals surface area contributed by atoms with Crippen LogP contribution in [0.2, 0.25) is 0 Å². The zero-order valence-corrected chi connectivity index (χ0v) is 13.0. The smallest absolute Gasteiger partial charge is 0.259 e. The molecule has 0 saturated carbocycles. The first-order valence-corrected chi connectivity index (χ1v) is 6.96. The molecule has 3 rings (SSSR count). The summed E-state index contributed by atoms with van der Waals surface area (Å²) in [7, 11) is 4.70. The third-order valence-corrected chi connectivity index (χ3v) is 3.54. The summed E-state index contributed by atoms with van der Waals surface area (Å²) in [5.74, 6) is 2.30. The summed E-state index contributed by atoms with van der Waals surface area (Å²) in [6.07, 6.45) is 0. The van der Waals surface area contributed by atoms with Crippen molar-refractivity contribution in [2.75, 3.05) is 21.3 Å². The minimum absolute atomic E-state index is 0.231. The number of ether oxygens (including phenoxy) is 3. The van der Waals surface area contributed by atoms with Gasteiger partial charge in [-0.25, -0.2) is 4.98 Å². The monoisotopic (exact) mass is 312 g/mol. The van der Waals surface area contributed by atoms with E-state index in [1.807, 2.05) is 0 Å². The van der Waals surface area contributed by atoms with E-state index in [-0.39, 0.29) is 5.56 Å². The Bertz CT molecular complexity index is 896. The second-order valence-electron chi connectivity index (χ2n) is 4.90. The Hall–Kier alpha value is -3.02. The predicted molar refractivity (Wildman–Crippen MR) is 87.5 cm³/mol. The lowest BCUT2D eigenvalue weighted by molar-refractivity contribution is 0.394. The maximum absolute atomic E-state index is 12.3. The SMILES string of the molecule is COc1cc(OC)cc(-c2nc3ccc(OC)cc3c(=O)[nH]2)c1. The number of aromatic amines is 1. The van der Waals surface area contributed by atoms with Crippen molar-refractivity contribution in [1.82, 2.24) is 9.97 Å². The number of rotatable bonds is 4. The van der Waals surface area contributed by atoms with Crippen molar-refractivity contribution in [3.05, 3.63) is 46.8 Å². The van der Waals surface area contributed by atoms with Gasteiger partial charge in [0.2, 0.25) is 0 Å². The molecule has 1 aromatic heterocycles. The van der Waals surface area contributed by atoms with Crippen molar-refractivity contribution in [1.29, 1.82) is 0 Å². The summed E-state index contributed by atoms with van der Waals surface area (Å²) in [6, 6.07) is 10.5. The van der Waals surface area contributed by atoms with Crippen LogP contribution in [0.15, 0.2) is 41.2 Å². The molecule has 0 fully saturated rings. The lowest BCUT2D eigenvalue weighted by Gasteiger charge is -2.09. The van der Waals surface area contributed by atoms with Crippen LogP contribution >= 0.6 is 0 Å². The highest BCUT2D eigenvalue weighted by Gasteiger charge is 2.10. The molecule has 0 aliphatic carbocycles. The highest BCUT2D eigenvalue weighted by atomic mass is 16.5. The molecule has 1 heterocycles. The third kappa shape index (κ3) is 2.83. The summed E-state index contributed by atoms with van der Waals surface area (Å²) in [5.41, 5.74) is 1.06. The van der Waals surface area contributed by atoms with Gasteiger partial charge in [0.05, 0.1) is 32.2 Å². The quantitative estimate of drug-likeness (QED) is 0.801. The molecule has 0 radical (unpaired) electrons. The van der Waals surface area contributed by atoms with E-state index in [9.17, 15) is 4.79 Å². The molecule has 6 heteroatoms. The van der Waals surface area contributed by atoms with Crippen LogP contribution in [0.25, 0.3) is 22.3 Å². The number of fused-ring (bicyclic) bond motifs is 1. The Labute approximate surface area is 132 Å². The molecular formula is C17H16N2O4. The number of methoxy groups -OCH3 is 3. The van der Waals surface area contributed by atoms with E-state index < -0.39 is 0 Å². The topological polar surface area (TPSA) is 73.4 Å². The van der Waals surface area contributed by atoms with Crippen LogP contribution in [0.3, 0.4) is 0 Å². The number of H-pyrrole nitrogens is 1. The number of nitrogens with one attached hydrogen (secondary N) is 1. The molecule has 0 amide bonds. The van der Waals surface area contributed by atoms with Gasteiger partial charge in [-0.05, 0) is 30.3 Å². The minimum atomic E-state index is -0.231. The van der Waals surface area contributed by atoms with E-state index in [2.05, 4.69) is 9.97 Å². The summed E-state index contributed by atoms with van der Waals surface area (Å²) >= 11 is 0. The van der Waals surface area contributed by atoms with Gasteiger partial charge in [0.25, 0.3) is 5.56 Å². The van der Waals surface area contributed by atoms with Crippen LogP contribution in [0, 0.1) is 0 Å². The number of hydrogen-bond acceptors (Lipinski definition) is 5. The van der Waals surface area contributed by atoms with Crippen molar-refractivity contribution < 1.29 is 14.2 Å². The van der Waals surface area contributed by atoms with E-state index in [0.717, 1.165) is 0 Å². The van der Waals surface area contributed by atoms with Crippen molar-refractivity contribution in [3.63, 3.8) is 0 Å². The van der Waals surface area contributed by atoms with Gasteiger partial charge in [-0.3, -0.25) is 4.79 Å². The van der Waals surface area contributed by atoms with Crippen LogP contribution in [0.4, 0.5) is 0 Å². The van der Waals surface area contributed by atoms with E-state index >= 15 is 0 Å².